The molecule has 0 aliphatic rings. The number of hydrogen-bond acceptors (Lipinski definition) is 4. The molecule has 0 saturated carbocycles. The van der Waals surface area contributed by atoms with Crippen LogP contribution in [0.5, 0.6) is 5.75 Å². The number of esters is 1. The van der Waals surface area contributed by atoms with Gasteiger partial charge < -0.3 is 14.8 Å². The van der Waals surface area contributed by atoms with Gasteiger partial charge in [0, 0.05) is 6.04 Å². The molecule has 144 valence electrons. The van der Waals surface area contributed by atoms with E-state index in [0.29, 0.717) is 17.9 Å². The summed E-state index contributed by atoms with van der Waals surface area (Å²) in [6.07, 6.45) is 2.63. The quantitative estimate of drug-likeness (QED) is 0.648. The van der Waals surface area contributed by atoms with Gasteiger partial charge in [0.05, 0.1) is 12.2 Å². The van der Waals surface area contributed by atoms with Gasteiger partial charge in [0.25, 0.3) is 5.91 Å². The van der Waals surface area contributed by atoms with E-state index < -0.39 is 5.97 Å². The van der Waals surface area contributed by atoms with Crippen molar-refractivity contribution in [3.63, 3.8) is 0 Å². The third-order valence-electron chi connectivity index (χ3n) is 4.01. The van der Waals surface area contributed by atoms with Gasteiger partial charge in [-0.2, -0.15) is 0 Å². The maximum atomic E-state index is 12.0. The third-order valence-corrected chi connectivity index (χ3v) is 4.01. The first kappa shape index (κ1) is 20.5. The molecule has 0 radical (unpaired) electrons. The van der Waals surface area contributed by atoms with Crippen LogP contribution in [0.25, 0.3) is 0 Å². The average Bonchev–Trinajstić information content (AvgIpc) is 2.70. The van der Waals surface area contributed by atoms with Gasteiger partial charge in [-0.1, -0.05) is 37.3 Å². The van der Waals surface area contributed by atoms with Gasteiger partial charge in [0.15, 0.2) is 6.61 Å². The second kappa shape index (κ2) is 11.0. The molecule has 0 aromatic heterocycles. The zero-order valence-electron chi connectivity index (χ0n) is 15.9. The van der Waals surface area contributed by atoms with Gasteiger partial charge in [-0.25, -0.2) is 4.79 Å². The fraction of sp³-hybridized carbons (Fsp3) is 0.364. The lowest BCUT2D eigenvalue weighted by Crippen LogP contribution is -2.36. The molecule has 0 saturated heterocycles. The van der Waals surface area contributed by atoms with Crippen molar-refractivity contribution >= 4 is 11.9 Å². The Hall–Kier alpha value is -2.82. The molecule has 0 spiro atoms. The molecule has 1 amide bonds. The largest absolute Gasteiger partial charge is 0.494 e. The van der Waals surface area contributed by atoms with Crippen molar-refractivity contribution in [2.75, 3.05) is 13.2 Å². The normalized spacial score (nSPS) is 11.5. The number of ether oxygens (including phenoxy) is 2. The molecule has 0 heterocycles. The standard InChI is InChI=1S/C22H27NO4/c1-3-15-26-20-13-11-19(12-14-20)22(25)27-16-21(24)23-17(2)9-10-18-7-5-4-6-8-18/h4-8,11-14,17H,3,9-10,15-16H2,1-2H3,(H,23,24)/t17-/m0/s1. The Morgan fingerprint density at radius 2 is 1.74 bits per heavy atom. The first-order chi connectivity index (χ1) is 13.1. The number of hydrogen-bond donors (Lipinski definition) is 1. The van der Waals surface area contributed by atoms with Crippen LogP contribution in [0.3, 0.4) is 0 Å². The summed E-state index contributed by atoms with van der Waals surface area (Å²) < 4.78 is 10.6. The van der Waals surface area contributed by atoms with Crippen LogP contribution in [-0.4, -0.2) is 31.1 Å². The fourth-order valence-corrected chi connectivity index (χ4v) is 2.54. The van der Waals surface area contributed by atoms with E-state index in [1.165, 1.54) is 5.56 Å². The highest BCUT2D eigenvalue weighted by Crippen LogP contribution is 2.13. The summed E-state index contributed by atoms with van der Waals surface area (Å²) in [5.41, 5.74) is 1.63. The molecule has 5 nitrogen and oxygen atoms in total. The number of carbonyl (C=O) groups excluding carboxylic acids is 2. The Bertz CT molecular complexity index is 713. The predicted octanol–water partition coefficient (Wildman–Crippen LogP) is 3.77. The summed E-state index contributed by atoms with van der Waals surface area (Å²) in [6, 6.07) is 16.8. The average molecular weight is 369 g/mol. The van der Waals surface area contributed by atoms with E-state index in [4.69, 9.17) is 9.47 Å². The van der Waals surface area contributed by atoms with Crippen LogP contribution in [0, 0.1) is 0 Å². The minimum atomic E-state index is -0.524. The Morgan fingerprint density at radius 3 is 2.41 bits per heavy atom. The number of rotatable bonds is 10. The van der Waals surface area contributed by atoms with Crippen molar-refractivity contribution in [1.29, 1.82) is 0 Å². The van der Waals surface area contributed by atoms with Gasteiger partial charge in [0.1, 0.15) is 5.75 Å². The molecule has 0 aliphatic carbocycles. The van der Waals surface area contributed by atoms with Gasteiger partial charge in [0.2, 0.25) is 0 Å². The zero-order chi connectivity index (χ0) is 19.5. The van der Waals surface area contributed by atoms with Crippen LogP contribution in [-0.2, 0) is 16.0 Å². The Morgan fingerprint density at radius 1 is 1.04 bits per heavy atom. The van der Waals surface area contributed by atoms with Crippen molar-refractivity contribution in [1.82, 2.24) is 5.32 Å². The fourth-order valence-electron chi connectivity index (χ4n) is 2.54. The number of aryl methyl sites for hydroxylation is 1. The highest BCUT2D eigenvalue weighted by atomic mass is 16.5. The molecule has 0 unspecified atom stereocenters. The van der Waals surface area contributed by atoms with Crippen molar-refractivity contribution in [3.8, 4) is 5.75 Å². The van der Waals surface area contributed by atoms with Crippen molar-refractivity contribution < 1.29 is 19.1 Å². The number of amides is 1. The summed E-state index contributed by atoms with van der Waals surface area (Å²) in [5, 5.41) is 2.85. The lowest BCUT2D eigenvalue weighted by Gasteiger charge is -2.14. The molecule has 2 aromatic carbocycles. The van der Waals surface area contributed by atoms with Crippen LogP contribution < -0.4 is 10.1 Å². The summed E-state index contributed by atoms with van der Waals surface area (Å²) in [6.45, 7) is 4.31. The summed E-state index contributed by atoms with van der Waals surface area (Å²) in [5.74, 6) is -0.116. The second-order valence-electron chi connectivity index (χ2n) is 6.44. The Labute approximate surface area is 160 Å². The second-order valence-corrected chi connectivity index (χ2v) is 6.44. The van der Waals surface area contributed by atoms with Crippen molar-refractivity contribution in [3.05, 3.63) is 65.7 Å². The molecule has 2 aromatic rings. The molecule has 27 heavy (non-hydrogen) atoms. The van der Waals surface area contributed by atoms with Crippen molar-refractivity contribution in [2.24, 2.45) is 0 Å². The molecular formula is C22H27NO4. The molecular weight excluding hydrogens is 342 g/mol. The number of nitrogens with one attached hydrogen (secondary N) is 1. The molecule has 5 heteroatoms. The van der Waals surface area contributed by atoms with Crippen LogP contribution in [0.4, 0.5) is 0 Å². The van der Waals surface area contributed by atoms with E-state index >= 15 is 0 Å². The molecule has 2 rings (SSSR count). The summed E-state index contributed by atoms with van der Waals surface area (Å²) >= 11 is 0. The van der Waals surface area contributed by atoms with Crippen molar-refractivity contribution in [2.45, 2.75) is 39.2 Å². The monoisotopic (exact) mass is 369 g/mol. The highest BCUT2D eigenvalue weighted by Gasteiger charge is 2.12. The van der Waals surface area contributed by atoms with Gasteiger partial charge in [-0.15, -0.1) is 0 Å². The molecule has 0 aliphatic heterocycles. The third kappa shape index (κ3) is 7.52. The maximum Gasteiger partial charge on any atom is 0.338 e. The summed E-state index contributed by atoms with van der Waals surface area (Å²) in [7, 11) is 0. The number of carbonyl (C=O) groups is 2. The van der Waals surface area contributed by atoms with Crippen LogP contribution in [0.15, 0.2) is 54.6 Å². The van der Waals surface area contributed by atoms with E-state index in [-0.39, 0.29) is 18.6 Å². The van der Waals surface area contributed by atoms with E-state index in [1.807, 2.05) is 32.0 Å². The van der Waals surface area contributed by atoms with E-state index in [9.17, 15) is 9.59 Å². The molecule has 1 atom stereocenters. The van der Waals surface area contributed by atoms with E-state index in [2.05, 4.69) is 17.4 Å². The Kier molecular flexibility index (Phi) is 8.36. The van der Waals surface area contributed by atoms with Gasteiger partial charge in [-0.3, -0.25) is 4.79 Å². The lowest BCUT2D eigenvalue weighted by molar-refractivity contribution is -0.124. The topological polar surface area (TPSA) is 64.6 Å². The minimum absolute atomic E-state index is 0.00593. The molecule has 1 N–H and O–H groups in total. The van der Waals surface area contributed by atoms with Crippen LogP contribution >= 0.6 is 0 Å². The van der Waals surface area contributed by atoms with Crippen LogP contribution in [0.1, 0.15) is 42.6 Å². The Balaban J connectivity index is 1.70. The van der Waals surface area contributed by atoms with Gasteiger partial charge >= 0.3 is 5.97 Å². The van der Waals surface area contributed by atoms with Gasteiger partial charge in [-0.05, 0) is 56.0 Å². The lowest BCUT2D eigenvalue weighted by atomic mass is 10.1. The first-order valence-corrected chi connectivity index (χ1v) is 9.31. The number of benzene rings is 2. The summed E-state index contributed by atoms with van der Waals surface area (Å²) in [4.78, 5) is 24.0. The zero-order valence-corrected chi connectivity index (χ0v) is 15.9. The maximum absolute atomic E-state index is 12.0. The first-order valence-electron chi connectivity index (χ1n) is 9.31. The van der Waals surface area contributed by atoms with E-state index in [1.54, 1.807) is 24.3 Å². The minimum Gasteiger partial charge on any atom is -0.494 e. The van der Waals surface area contributed by atoms with E-state index in [0.717, 1.165) is 19.3 Å². The predicted molar refractivity (Wildman–Crippen MR) is 105 cm³/mol. The van der Waals surface area contributed by atoms with Crippen LogP contribution in [0.2, 0.25) is 0 Å². The molecule has 0 fully saturated rings. The highest BCUT2D eigenvalue weighted by molar-refractivity contribution is 5.91. The molecule has 0 bridgehead atoms. The smallest absolute Gasteiger partial charge is 0.338 e. The SMILES string of the molecule is CCCOc1ccc(C(=O)OCC(=O)N[C@@H](C)CCc2ccccc2)cc1.